The average Bonchev–Trinajstić information content (AvgIpc) is 2.74. The van der Waals surface area contributed by atoms with Crippen LogP contribution in [0.1, 0.15) is 18.1 Å². The van der Waals surface area contributed by atoms with Crippen molar-refractivity contribution in [2.24, 2.45) is 0 Å². The van der Waals surface area contributed by atoms with Gasteiger partial charge >= 0.3 is 0 Å². The summed E-state index contributed by atoms with van der Waals surface area (Å²) in [5, 5.41) is 0.747. The van der Waals surface area contributed by atoms with Gasteiger partial charge in [0.1, 0.15) is 0 Å². The first kappa shape index (κ1) is 21.2. The van der Waals surface area contributed by atoms with Crippen LogP contribution in [0.3, 0.4) is 0 Å². The smallest absolute Gasteiger partial charge is 0.260 e. The first-order valence-electron chi connectivity index (χ1n) is 9.77. The van der Waals surface area contributed by atoms with Gasteiger partial charge in [-0.3, -0.25) is 9.69 Å². The van der Waals surface area contributed by atoms with Gasteiger partial charge in [-0.25, -0.2) is 0 Å². The predicted octanol–water partition coefficient (Wildman–Crippen LogP) is 4.10. The van der Waals surface area contributed by atoms with E-state index in [0.29, 0.717) is 24.6 Å². The first-order valence-corrected chi connectivity index (χ1v) is 10.2. The third-order valence-electron chi connectivity index (χ3n) is 4.96. The van der Waals surface area contributed by atoms with Gasteiger partial charge in [0.05, 0.1) is 7.11 Å². The Bertz CT molecular complexity index is 844. The largest absolute Gasteiger partial charge is 0.492 e. The molecule has 0 N–H and O–H groups in total. The van der Waals surface area contributed by atoms with E-state index < -0.39 is 0 Å². The minimum atomic E-state index is -0.00497. The molecule has 0 bridgehead atoms. The summed E-state index contributed by atoms with van der Waals surface area (Å²) in [6, 6.07) is 13.6. The maximum Gasteiger partial charge on any atom is 0.260 e. The zero-order chi connectivity index (χ0) is 20.6. The Morgan fingerprint density at radius 2 is 1.83 bits per heavy atom. The van der Waals surface area contributed by atoms with Gasteiger partial charge in [0, 0.05) is 43.3 Å². The molecule has 2 aromatic carbocycles. The molecule has 2 aromatic rings. The van der Waals surface area contributed by atoms with Gasteiger partial charge < -0.3 is 14.4 Å². The normalized spacial score (nSPS) is 14.9. The van der Waals surface area contributed by atoms with E-state index >= 15 is 0 Å². The molecule has 1 fully saturated rings. The van der Waals surface area contributed by atoms with Crippen molar-refractivity contribution in [1.82, 2.24) is 9.80 Å². The molecule has 6 heteroatoms. The molecule has 5 nitrogen and oxygen atoms in total. The summed E-state index contributed by atoms with van der Waals surface area (Å²) in [5.74, 6) is 1.22. The van der Waals surface area contributed by atoms with Crippen LogP contribution < -0.4 is 9.47 Å². The lowest BCUT2D eigenvalue weighted by Gasteiger charge is -2.34. The van der Waals surface area contributed by atoms with E-state index in [1.807, 2.05) is 66.4 Å². The number of allylic oxidation sites excluding steroid dienone is 1. The van der Waals surface area contributed by atoms with Gasteiger partial charge in [0.2, 0.25) is 0 Å². The first-order chi connectivity index (χ1) is 14.1. The fourth-order valence-electron chi connectivity index (χ4n) is 3.41. The summed E-state index contributed by atoms with van der Waals surface area (Å²) in [5.41, 5.74) is 2.15. The van der Waals surface area contributed by atoms with Crippen molar-refractivity contribution in [3.63, 3.8) is 0 Å². The van der Waals surface area contributed by atoms with Gasteiger partial charge in [-0.2, -0.15) is 0 Å². The Kier molecular flexibility index (Phi) is 7.55. The van der Waals surface area contributed by atoms with Crippen LogP contribution in [-0.2, 0) is 11.3 Å². The Balaban J connectivity index is 1.50. The van der Waals surface area contributed by atoms with Crippen LogP contribution in [0, 0.1) is 0 Å². The minimum Gasteiger partial charge on any atom is -0.492 e. The Morgan fingerprint density at radius 3 is 2.48 bits per heavy atom. The average molecular weight is 415 g/mol. The molecular formula is C23H27ClN2O3. The van der Waals surface area contributed by atoms with E-state index in [2.05, 4.69) is 4.90 Å². The number of para-hydroxylation sites is 1. The third-order valence-corrected chi connectivity index (χ3v) is 5.21. The van der Waals surface area contributed by atoms with E-state index in [0.717, 1.165) is 30.2 Å². The van der Waals surface area contributed by atoms with Gasteiger partial charge in [0.25, 0.3) is 5.91 Å². The monoisotopic (exact) mass is 414 g/mol. The Hall–Kier alpha value is -2.50. The molecule has 0 spiro atoms. The van der Waals surface area contributed by atoms with Crippen LogP contribution in [0.4, 0.5) is 0 Å². The minimum absolute atomic E-state index is 0.00497. The molecule has 0 radical (unpaired) electrons. The maximum atomic E-state index is 12.6. The highest BCUT2D eigenvalue weighted by atomic mass is 35.5. The van der Waals surface area contributed by atoms with Crippen molar-refractivity contribution in [3.8, 4) is 11.5 Å². The fourth-order valence-corrected chi connectivity index (χ4v) is 3.54. The van der Waals surface area contributed by atoms with Crippen LogP contribution in [-0.4, -0.2) is 55.6 Å². The van der Waals surface area contributed by atoms with E-state index in [1.165, 1.54) is 5.56 Å². The number of amides is 1. The molecule has 1 aliphatic rings. The number of carbonyl (C=O) groups is 1. The van der Waals surface area contributed by atoms with Crippen molar-refractivity contribution in [1.29, 1.82) is 0 Å². The summed E-state index contributed by atoms with van der Waals surface area (Å²) in [7, 11) is 1.61. The molecular weight excluding hydrogens is 388 g/mol. The summed E-state index contributed by atoms with van der Waals surface area (Å²) in [6.07, 6.45) is 3.89. The topological polar surface area (TPSA) is 42.0 Å². The summed E-state index contributed by atoms with van der Waals surface area (Å²) < 4.78 is 11.3. The number of benzene rings is 2. The molecule has 1 amide bonds. The number of nitrogens with zero attached hydrogens (tertiary/aromatic N) is 2. The number of carbonyl (C=O) groups excluding carboxylic acids is 1. The lowest BCUT2D eigenvalue weighted by atomic mass is 10.1. The van der Waals surface area contributed by atoms with Crippen LogP contribution in [0.25, 0.3) is 6.08 Å². The second kappa shape index (κ2) is 10.3. The van der Waals surface area contributed by atoms with Gasteiger partial charge in [-0.15, -0.1) is 0 Å². The van der Waals surface area contributed by atoms with Crippen molar-refractivity contribution in [2.45, 2.75) is 13.5 Å². The highest BCUT2D eigenvalue weighted by Gasteiger charge is 2.22. The third kappa shape index (κ3) is 5.75. The van der Waals surface area contributed by atoms with Gasteiger partial charge in [0.15, 0.2) is 18.1 Å². The van der Waals surface area contributed by atoms with Crippen molar-refractivity contribution >= 4 is 23.6 Å². The van der Waals surface area contributed by atoms with E-state index in [4.69, 9.17) is 21.1 Å². The lowest BCUT2D eigenvalue weighted by Crippen LogP contribution is -2.49. The molecule has 0 atom stereocenters. The zero-order valence-corrected chi connectivity index (χ0v) is 17.7. The van der Waals surface area contributed by atoms with E-state index in [1.54, 1.807) is 7.11 Å². The molecule has 0 aromatic heterocycles. The van der Waals surface area contributed by atoms with Crippen LogP contribution in [0.2, 0.25) is 5.02 Å². The lowest BCUT2D eigenvalue weighted by molar-refractivity contribution is -0.135. The summed E-state index contributed by atoms with van der Waals surface area (Å²) in [6.45, 7) is 5.90. The number of rotatable bonds is 7. The predicted molar refractivity (Wildman–Crippen MR) is 117 cm³/mol. The molecule has 154 valence electrons. The zero-order valence-electron chi connectivity index (χ0n) is 16.9. The molecule has 0 unspecified atom stereocenters. The standard InChI is InChI=1S/C23H27ClN2O3/c1-3-5-19-6-4-7-21(23(19)28-2)29-17-22(27)26-14-12-25(13-15-26)16-18-8-10-20(24)11-9-18/h3-11H,12-17H2,1-2H3. The van der Waals surface area contributed by atoms with E-state index in [9.17, 15) is 4.79 Å². The maximum absolute atomic E-state index is 12.6. The second-order valence-electron chi connectivity index (χ2n) is 6.95. The number of hydrogen-bond acceptors (Lipinski definition) is 4. The molecule has 0 aliphatic carbocycles. The second-order valence-corrected chi connectivity index (χ2v) is 7.39. The van der Waals surface area contributed by atoms with Crippen LogP contribution >= 0.6 is 11.6 Å². The van der Waals surface area contributed by atoms with Crippen molar-refractivity contribution < 1.29 is 14.3 Å². The van der Waals surface area contributed by atoms with Gasteiger partial charge in [-0.05, 0) is 30.7 Å². The molecule has 0 saturated carbocycles. The van der Waals surface area contributed by atoms with Crippen molar-refractivity contribution in [3.05, 3.63) is 64.7 Å². The number of ether oxygens (including phenoxy) is 2. The molecule has 3 rings (SSSR count). The molecule has 29 heavy (non-hydrogen) atoms. The van der Waals surface area contributed by atoms with Crippen molar-refractivity contribution in [2.75, 3.05) is 39.9 Å². The number of methoxy groups -OCH3 is 1. The highest BCUT2D eigenvalue weighted by Crippen LogP contribution is 2.32. The molecule has 1 heterocycles. The molecule has 1 aliphatic heterocycles. The number of halogens is 1. The molecule has 1 saturated heterocycles. The summed E-state index contributed by atoms with van der Waals surface area (Å²) in [4.78, 5) is 16.8. The van der Waals surface area contributed by atoms with Crippen LogP contribution in [0.5, 0.6) is 11.5 Å². The summed E-state index contributed by atoms with van der Waals surface area (Å²) >= 11 is 5.94. The highest BCUT2D eigenvalue weighted by molar-refractivity contribution is 6.30. The number of piperazine rings is 1. The number of hydrogen-bond donors (Lipinski definition) is 0. The SMILES string of the molecule is CC=Cc1cccc(OCC(=O)N2CCN(Cc3ccc(Cl)cc3)CC2)c1OC. The van der Waals surface area contributed by atoms with Crippen LogP contribution in [0.15, 0.2) is 48.5 Å². The Morgan fingerprint density at radius 1 is 1.10 bits per heavy atom. The van der Waals surface area contributed by atoms with Gasteiger partial charge in [-0.1, -0.05) is 48.0 Å². The fraction of sp³-hybridized carbons (Fsp3) is 0.348. The quantitative estimate of drug-likeness (QED) is 0.683. The Labute approximate surface area is 177 Å². The van der Waals surface area contributed by atoms with E-state index in [-0.39, 0.29) is 12.5 Å².